The maximum absolute atomic E-state index is 13.1. The molecule has 0 spiro atoms. The fourth-order valence-corrected chi connectivity index (χ4v) is 4.51. The van der Waals surface area contributed by atoms with Crippen molar-refractivity contribution in [3.8, 4) is 5.75 Å². The molecule has 1 aliphatic carbocycles. The number of carbonyl (C=O) groups is 2. The van der Waals surface area contributed by atoms with Crippen LogP contribution in [0.3, 0.4) is 0 Å². The van der Waals surface area contributed by atoms with Gasteiger partial charge in [-0.15, -0.1) is 0 Å². The van der Waals surface area contributed by atoms with Crippen LogP contribution in [0.5, 0.6) is 5.75 Å². The predicted molar refractivity (Wildman–Crippen MR) is 132 cm³/mol. The van der Waals surface area contributed by atoms with E-state index >= 15 is 0 Å². The first-order valence-corrected chi connectivity index (χ1v) is 12.2. The topological polar surface area (TPSA) is 111 Å². The lowest BCUT2D eigenvalue weighted by Gasteiger charge is -2.19. The molecule has 0 fully saturated rings. The highest BCUT2D eigenvalue weighted by molar-refractivity contribution is 7.90. The summed E-state index contributed by atoms with van der Waals surface area (Å²) < 4.78 is 40.2. The molecule has 0 bridgehead atoms. The molecule has 0 saturated carbocycles. The number of methoxy groups -OCH3 is 1. The van der Waals surface area contributed by atoms with Gasteiger partial charge in [0.05, 0.1) is 35.6 Å². The molecule has 0 radical (unpaired) electrons. The van der Waals surface area contributed by atoms with Crippen LogP contribution in [0.4, 0.5) is 5.69 Å². The first kappa shape index (κ1) is 23.9. The third-order valence-electron chi connectivity index (χ3n) is 5.21. The van der Waals surface area contributed by atoms with Crippen LogP contribution in [-0.2, 0) is 14.8 Å². The number of benzene rings is 3. The van der Waals surface area contributed by atoms with E-state index in [1.807, 2.05) is 6.92 Å². The Kier molecular flexibility index (Phi) is 6.79. The van der Waals surface area contributed by atoms with Crippen LogP contribution in [-0.4, -0.2) is 39.6 Å². The second-order valence-corrected chi connectivity index (χ2v) is 9.09. The molecule has 9 heteroatoms. The number of ketones is 1. The van der Waals surface area contributed by atoms with Gasteiger partial charge in [-0.05, 0) is 61.5 Å². The molecule has 1 aliphatic rings. The highest BCUT2D eigenvalue weighted by atomic mass is 32.2. The quantitative estimate of drug-likeness (QED) is 0.493. The number of fused-ring (bicyclic) bond motifs is 1. The van der Waals surface area contributed by atoms with E-state index in [1.54, 1.807) is 60.7 Å². The first-order valence-electron chi connectivity index (χ1n) is 10.7. The van der Waals surface area contributed by atoms with E-state index in [-0.39, 0.29) is 22.1 Å². The van der Waals surface area contributed by atoms with Crippen LogP contribution >= 0.6 is 0 Å². The molecule has 8 nitrogen and oxygen atoms in total. The lowest BCUT2D eigenvalue weighted by atomic mass is 9.92. The lowest BCUT2D eigenvalue weighted by molar-refractivity contribution is 0.0600. The van der Waals surface area contributed by atoms with Crippen LogP contribution in [0.2, 0.25) is 0 Å². The van der Waals surface area contributed by atoms with E-state index in [0.717, 1.165) is 0 Å². The van der Waals surface area contributed by atoms with Crippen molar-refractivity contribution in [2.24, 2.45) is 4.40 Å². The number of rotatable bonds is 7. The molecule has 0 unspecified atom stereocenters. The number of nitrogens with one attached hydrogen (secondary N) is 1. The zero-order valence-electron chi connectivity index (χ0n) is 19.0. The minimum Gasteiger partial charge on any atom is -0.494 e. The van der Waals surface area contributed by atoms with E-state index < -0.39 is 16.0 Å². The number of hydrogen-bond acceptors (Lipinski definition) is 7. The normalized spacial score (nSPS) is 14.2. The van der Waals surface area contributed by atoms with Crippen molar-refractivity contribution >= 4 is 33.2 Å². The third-order valence-corrected chi connectivity index (χ3v) is 6.51. The summed E-state index contributed by atoms with van der Waals surface area (Å²) in [5.74, 6) is -0.236. The van der Waals surface area contributed by atoms with Gasteiger partial charge >= 0.3 is 5.97 Å². The van der Waals surface area contributed by atoms with Gasteiger partial charge < -0.3 is 14.8 Å². The monoisotopic (exact) mass is 490 g/mol. The number of ether oxygens (including phenoxy) is 2. The standard InChI is InChI=1S/C26H22N2O6S/c1-3-34-19-12-14-20(15-13-19)35(31,32)28-23-16-24(25(29)22-7-5-4-6-21(22)23)27-18-10-8-17(9-11-18)26(30)33-2/h4-16,27H,3H2,1-2H3/b28-23-. The molecule has 0 saturated heterocycles. The Morgan fingerprint density at radius 1 is 0.943 bits per heavy atom. The summed E-state index contributed by atoms with van der Waals surface area (Å²) in [6.45, 7) is 2.30. The van der Waals surface area contributed by atoms with Crippen LogP contribution < -0.4 is 10.1 Å². The molecule has 0 amide bonds. The smallest absolute Gasteiger partial charge is 0.337 e. The maximum atomic E-state index is 13.1. The molecule has 0 aliphatic heterocycles. The second kappa shape index (κ2) is 9.94. The van der Waals surface area contributed by atoms with Gasteiger partial charge in [-0.3, -0.25) is 4.79 Å². The molecular formula is C26H22N2O6S. The van der Waals surface area contributed by atoms with Crippen LogP contribution in [0.25, 0.3) is 0 Å². The van der Waals surface area contributed by atoms with E-state index in [4.69, 9.17) is 9.47 Å². The number of carbonyl (C=O) groups excluding carboxylic acids is 2. The fourth-order valence-electron chi connectivity index (χ4n) is 3.52. The van der Waals surface area contributed by atoms with Crippen LogP contribution in [0, 0.1) is 0 Å². The van der Waals surface area contributed by atoms with E-state index in [9.17, 15) is 18.0 Å². The highest BCUT2D eigenvalue weighted by Gasteiger charge is 2.26. The molecule has 35 heavy (non-hydrogen) atoms. The van der Waals surface area contributed by atoms with Crippen LogP contribution in [0.15, 0.2) is 93.9 Å². The van der Waals surface area contributed by atoms with Crippen molar-refractivity contribution in [3.05, 3.63) is 101 Å². The SMILES string of the molecule is CCOc1ccc(S(=O)(=O)/N=C2/C=C(Nc3ccc(C(=O)OC)cc3)C(=O)c3ccccc32)cc1. The molecular weight excluding hydrogens is 468 g/mol. The van der Waals surface area contributed by atoms with Gasteiger partial charge in [-0.1, -0.05) is 24.3 Å². The predicted octanol–water partition coefficient (Wildman–Crippen LogP) is 4.24. The van der Waals surface area contributed by atoms with E-state index in [1.165, 1.54) is 25.3 Å². The van der Waals surface area contributed by atoms with E-state index in [0.29, 0.717) is 34.7 Å². The molecule has 0 atom stereocenters. The lowest BCUT2D eigenvalue weighted by Crippen LogP contribution is -2.22. The van der Waals surface area contributed by atoms with Crippen molar-refractivity contribution in [3.63, 3.8) is 0 Å². The first-order chi connectivity index (χ1) is 16.8. The number of anilines is 1. The molecule has 178 valence electrons. The summed E-state index contributed by atoms with van der Waals surface area (Å²) in [4.78, 5) is 24.8. The van der Waals surface area contributed by atoms with Crippen molar-refractivity contribution in [1.29, 1.82) is 0 Å². The third kappa shape index (κ3) is 5.15. The van der Waals surface area contributed by atoms with Gasteiger partial charge in [-0.25, -0.2) is 4.79 Å². The number of hydrogen-bond donors (Lipinski definition) is 1. The number of esters is 1. The zero-order valence-corrected chi connectivity index (χ0v) is 19.8. The molecule has 0 aromatic heterocycles. The van der Waals surface area contributed by atoms with Gasteiger partial charge in [-0.2, -0.15) is 12.8 Å². The molecule has 4 rings (SSSR count). The van der Waals surface area contributed by atoms with Gasteiger partial charge in [0.15, 0.2) is 0 Å². The largest absolute Gasteiger partial charge is 0.494 e. The van der Waals surface area contributed by atoms with Gasteiger partial charge in [0.1, 0.15) is 5.75 Å². The van der Waals surface area contributed by atoms with Crippen molar-refractivity contribution in [2.45, 2.75) is 11.8 Å². The Morgan fingerprint density at radius 3 is 2.23 bits per heavy atom. The summed E-state index contributed by atoms with van der Waals surface area (Å²) in [7, 11) is -2.78. The Hall–Kier alpha value is -4.24. The summed E-state index contributed by atoms with van der Waals surface area (Å²) in [5, 5.41) is 3.00. The zero-order chi connectivity index (χ0) is 25.0. The Balaban J connectivity index is 1.71. The molecule has 1 N–H and O–H groups in total. The van der Waals surface area contributed by atoms with Gasteiger partial charge in [0.2, 0.25) is 5.78 Å². The average Bonchev–Trinajstić information content (AvgIpc) is 2.87. The Morgan fingerprint density at radius 2 is 1.60 bits per heavy atom. The molecule has 0 heterocycles. The molecule has 3 aromatic carbocycles. The number of allylic oxidation sites excluding steroid dienone is 2. The van der Waals surface area contributed by atoms with Gasteiger partial charge in [0.25, 0.3) is 10.0 Å². The second-order valence-electron chi connectivity index (χ2n) is 7.48. The maximum Gasteiger partial charge on any atom is 0.337 e. The number of nitrogens with zero attached hydrogens (tertiary/aromatic N) is 1. The Bertz CT molecular complexity index is 1440. The number of sulfonamides is 1. The highest BCUT2D eigenvalue weighted by Crippen LogP contribution is 2.26. The van der Waals surface area contributed by atoms with E-state index in [2.05, 4.69) is 9.71 Å². The molecule has 3 aromatic rings. The summed E-state index contributed by atoms with van der Waals surface area (Å²) in [6.07, 6.45) is 1.41. The van der Waals surface area contributed by atoms with Crippen molar-refractivity contribution < 1.29 is 27.5 Å². The van der Waals surface area contributed by atoms with Crippen molar-refractivity contribution in [1.82, 2.24) is 0 Å². The average molecular weight is 491 g/mol. The minimum absolute atomic E-state index is 0.00384. The Labute approximate surface area is 203 Å². The summed E-state index contributed by atoms with van der Waals surface area (Å²) in [6, 6.07) is 19.0. The number of Topliss-reactive ketones (excluding diaryl/α,β-unsaturated/α-hetero) is 1. The van der Waals surface area contributed by atoms with Crippen molar-refractivity contribution in [2.75, 3.05) is 19.0 Å². The summed E-state index contributed by atoms with van der Waals surface area (Å²) >= 11 is 0. The summed E-state index contributed by atoms with van der Waals surface area (Å²) in [5.41, 5.74) is 1.90. The van der Waals surface area contributed by atoms with Crippen LogP contribution in [0.1, 0.15) is 33.2 Å². The van der Waals surface area contributed by atoms with Gasteiger partial charge in [0, 0.05) is 16.8 Å². The minimum atomic E-state index is -4.07. The fraction of sp³-hybridized carbons (Fsp3) is 0.115.